The molecule has 2 aromatic rings. The lowest BCUT2D eigenvalue weighted by Crippen LogP contribution is -2.60. The Kier molecular flexibility index (Phi) is 3.55. The molecular formula is C21H26N2O4. The van der Waals surface area contributed by atoms with Crippen molar-refractivity contribution in [3.63, 3.8) is 0 Å². The normalized spacial score (nSPS) is 35.1. The molecule has 4 heterocycles. The molecule has 1 aromatic carbocycles. The van der Waals surface area contributed by atoms with Crippen LogP contribution in [0.2, 0.25) is 0 Å². The first-order valence-electron chi connectivity index (χ1n) is 9.83. The van der Waals surface area contributed by atoms with E-state index in [0.29, 0.717) is 13.0 Å². The highest BCUT2D eigenvalue weighted by Gasteiger charge is 2.61. The molecule has 6 nitrogen and oxygen atoms in total. The number of rotatable bonds is 2. The van der Waals surface area contributed by atoms with Gasteiger partial charge in [-0.15, -0.1) is 0 Å². The van der Waals surface area contributed by atoms with E-state index in [1.54, 1.807) is 4.57 Å². The van der Waals surface area contributed by atoms with E-state index in [9.17, 15) is 15.0 Å². The van der Waals surface area contributed by atoms with Crippen LogP contribution in [0.4, 0.5) is 0 Å². The molecule has 4 atom stereocenters. The summed E-state index contributed by atoms with van der Waals surface area (Å²) in [7, 11) is 1.32. The van der Waals surface area contributed by atoms with Gasteiger partial charge < -0.3 is 19.5 Å². The van der Waals surface area contributed by atoms with Gasteiger partial charge in [-0.1, -0.05) is 25.1 Å². The minimum absolute atomic E-state index is 0.104. The van der Waals surface area contributed by atoms with E-state index in [1.165, 1.54) is 7.11 Å². The van der Waals surface area contributed by atoms with Gasteiger partial charge in [-0.3, -0.25) is 4.90 Å². The molecule has 5 rings (SSSR count). The highest BCUT2D eigenvalue weighted by molar-refractivity contribution is 5.90. The number of hydrogen-bond acceptors (Lipinski definition) is 5. The molecule has 1 fully saturated rings. The summed E-state index contributed by atoms with van der Waals surface area (Å²) in [5.74, 6) is -0.630. The molecule has 0 amide bonds. The fourth-order valence-electron chi connectivity index (χ4n) is 6.14. The van der Waals surface area contributed by atoms with Crippen molar-refractivity contribution in [2.45, 2.75) is 50.5 Å². The average molecular weight is 370 g/mol. The van der Waals surface area contributed by atoms with Crippen molar-refractivity contribution in [3.05, 3.63) is 35.5 Å². The van der Waals surface area contributed by atoms with E-state index >= 15 is 0 Å². The SMILES string of the molecule is CC[C@]12CCCN3CC(O)c4c(n(c5ccccc45)[C@@](O)(C(=O)OC)C1)[C@@H]32. The Morgan fingerprint density at radius 3 is 2.89 bits per heavy atom. The highest BCUT2D eigenvalue weighted by atomic mass is 16.5. The first-order chi connectivity index (χ1) is 13.0. The van der Waals surface area contributed by atoms with Crippen LogP contribution in [0, 0.1) is 5.41 Å². The van der Waals surface area contributed by atoms with Crippen LogP contribution in [0.5, 0.6) is 0 Å². The second-order valence-corrected chi connectivity index (χ2v) is 8.37. The van der Waals surface area contributed by atoms with Crippen molar-refractivity contribution < 1.29 is 19.7 Å². The van der Waals surface area contributed by atoms with Gasteiger partial charge in [0.2, 0.25) is 5.72 Å². The van der Waals surface area contributed by atoms with Crippen molar-refractivity contribution in [1.29, 1.82) is 0 Å². The quantitative estimate of drug-likeness (QED) is 0.795. The van der Waals surface area contributed by atoms with Crippen LogP contribution >= 0.6 is 0 Å². The maximum Gasteiger partial charge on any atom is 0.359 e. The number of nitrogens with zero attached hydrogens (tertiary/aromatic N) is 2. The number of benzene rings is 1. The van der Waals surface area contributed by atoms with E-state index in [4.69, 9.17) is 4.74 Å². The topological polar surface area (TPSA) is 74.9 Å². The van der Waals surface area contributed by atoms with Crippen LogP contribution in [-0.2, 0) is 15.3 Å². The number of ether oxygens (including phenoxy) is 1. The summed E-state index contributed by atoms with van der Waals surface area (Å²) in [6, 6.07) is 7.84. The fraction of sp³-hybridized carbons (Fsp3) is 0.571. The molecule has 3 aliphatic heterocycles. The van der Waals surface area contributed by atoms with E-state index in [-0.39, 0.29) is 11.5 Å². The summed E-state index contributed by atoms with van der Waals surface area (Å²) < 4.78 is 6.83. The number of carbonyl (C=O) groups excluding carboxylic acids is 1. The van der Waals surface area contributed by atoms with E-state index in [0.717, 1.165) is 48.0 Å². The number of hydrogen-bond donors (Lipinski definition) is 2. The van der Waals surface area contributed by atoms with Crippen LogP contribution in [0.25, 0.3) is 10.9 Å². The van der Waals surface area contributed by atoms with E-state index < -0.39 is 17.8 Å². The molecule has 6 heteroatoms. The number of para-hydroxylation sites is 1. The lowest BCUT2D eigenvalue weighted by Gasteiger charge is -2.58. The van der Waals surface area contributed by atoms with E-state index in [2.05, 4.69) is 11.8 Å². The summed E-state index contributed by atoms with van der Waals surface area (Å²) >= 11 is 0. The van der Waals surface area contributed by atoms with Crippen molar-refractivity contribution in [1.82, 2.24) is 9.47 Å². The Bertz CT molecular complexity index is 938. The Balaban J connectivity index is 1.92. The molecule has 144 valence electrons. The van der Waals surface area contributed by atoms with Crippen molar-refractivity contribution >= 4 is 16.9 Å². The Labute approximate surface area is 158 Å². The third-order valence-electron chi connectivity index (χ3n) is 7.20. The van der Waals surface area contributed by atoms with Crippen LogP contribution in [0.1, 0.15) is 56.0 Å². The van der Waals surface area contributed by atoms with Gasteiger partial charge in [0.1, 0.15) is 0 Å². The number of aliphatic hydroxyl groups excluding tert-OH is 1. The maximum atomic E-state index is 12.8. The van der Waals surface area contributed by atoms with Gasteiger partial charge in [-0.05, 0) is 37.3 Å². The monoisotopic (exact) mass is 370 g/mol. The molecule has 1 saturated heterocycles. The van der Waals surface area contributed by atoms with Crippen LogP contribution in [-0.4, -0.2) is 45.8 Å². The molecular weight excluding hydrogens is 344 g/mol. The fourth-order valence-corrected chi connectivity index (χ4v) is 6.14. The van der Waals surface area contributed by atoms with Gasteiger partial charge in [0.05, 0.1) is 24.8 Å². The largest absolute Gasteiger partial charge is 0.465 e. The zero-order chi connectivity index (χ0) is 19.0. The second-order valence-electron chi connectivity index (χ2n) is 8.37. The number of carbonyl (C=O) groups is 1. The second kappa shape index (κ2) is 5.56. The molecule has 0 saturated carbocycles. The minimum Gasteiger partial charge on any atom is -0.465 e. The van der Waals surface area contributed by atoms with Gasteiger partial charge in [0.25, 0.3) is 0 Å². The van der Waals surface area contributed by atoms with Crippen molar-refractivity contribution in [2.24, 2.45) is 5.41 Å². The van der Waals surface area contributed by atoms with Gasteiger partial charge >= 0.3 is 5.97 Å². The average Bonchev–Trinajstić information content (AvgIpc) is 3.03. The third kappa shape index (κ3) is 1.98. The summed E-state index contributed by atoms with van der Waals surface area (Å²) in [6.45, 7) is 3.68. The number of aliphatic hydroxyl groups is 2. The lowest BCUT2D eigenvalue weighted by atomic mass is 9.62. The molecule has 3 aliphatic rings. The number of aromatic nitrogens is 1. The standard InChI is InChI=1S/C21H26N2O4/c1-3-20-9-6-10-22-11-15(24)16-13-7-4-5-8-14(13)23(17(16)18(20)22)21(26,12-20)19(25)27-2/h4-5,7-8,15,18,24,26H,3,6,9-12H2,1-2H3/t15?,18-,20+,21+/m1/s1. The van der Waals surface area contributed by atoms with Crippen LogP contribution in [0.15, 0.2) is 24.3 Å². The Hall–Kier alpha value is -1.89. The lowest BCUT2D eigenvalue weighted by molar-refractivity contribution is -0.195. The summed E-state index contributed by atoms with van der Waals surface area (Å²) in [6.07, 6.45) is 2.54. The van der Waals surface area contributed by atoms with E-state index in [1.807, 2.05) is 24.3 Å². The zero-order valence-corrected chi connectivity index (χ0v) is 15.8. The smallest absolute Gasteiger partial charge is 0.359 e. The predicted octanol–water partition coefficient (Wildman–Crippen LogP) is 2.44. The summed E-state index contributed by atoms with van der Waals surface area (Å²) in [5.41, 5.74) is 0.588. The highest BCUT2D eigenvalue weighted by Crippen LogP contribution is 2.61. The summed E-state index contributed by atoms with van der Waals surface area (Å²) in [4.78, 5) is 15.2. The van der Waals surface area contributed by atoms with Crippen LogP contribution < -0.4 is 0 Å². The number of methoxy groups -OCH3 is 1. The predicted molar refractivity (Wildman–Crippen MR) is 100.0 cm³/mol. The molecule has 0 bridgehead atoms. The van der Waals surface area contributed by atoms with Crippen molar-refractivity contribution in [2.75, 3.05) is 20.2 Å². The van der Waals surface area contributed by atoms with Gasteiger partial charge in [-0.25, -0.2) is 4.79 Å². The first-order valence-corrected chi connectivity index (χ1v) is 9.83. The first kappa shape index (κ1) is 17.2. The Morgan fingerprint density at radius 2 is 2.15 bits per heavy atom. The third-order valence-corrected chi connectivity index (χ3v) is 7.20. The molecule has 0 radical (unpaired) electrons. The van der Waals surface area contributed by atoms with Gasteiger partial charge in [0, 0.05) is 29.6 Å². The Morgan fingerprint density at radius 1 is 1.37 bits per heavy atom. The molecule has 27 heavy (non-hydrogen) atoms. The zero-order valence-electron chi connectivity index (χ0n) is 15.8. The molecule has 1 aromatic heterocycles. The van der Waals surface area contributed by atoms with Gasteiger partial charge in [-0.2, -0.15) is 0 Å². The number of piperidine rings is 1. The van der Waals surface area contributed by atoms with Crippen LogP contribution in [0.3, 0.4) is 0 Å². The number of fused-ring (bicyclic) bond motifs is 3. The van der Waals surface area contributed by atoms with Crippen molar-refractivity contribution in [3.8, 4) is 0 Å². The molecule has 1 unspecified atom stereocenters. The molecule has 2 N–H and O–H groups in total. The van der Waals surface area contributed by atoms with Gasteiger partial charge in [0.15, 0.2) is 0 Å². The molecule has 0 aliphatic carbocycles. The number of esters is 1. The maximum absolute atomic E-state index is 12.8. The molecule has 0 spiro atoms. The summed E-state index contributed by atoms with van der Waals surface area (Å²) in [5, 5.41) is 23.6. The minimum atomic E-state index is -1.76.